The first kappa shape index (κ1) is 24.9. The quantitative estimate of drug-likeness (QED) is 0.226. The Hall–Kier alpha value is -2.33. The number of benzene rings is 2. The number of rotatable bonds is 15. The van der Waals surface area contributed by atoms with Gasteiger partial charge in [-0.25, -0.2) is 4.79 Å². The van der Waals surface area contributed by atoms with Crippen molar-refractivity contribution < 1.29 is 19.0 Å². The molecule has 1 atom stereocenters. The van der Waals surface area contributed by atoms with Crippen LogP contribution < -0.4 is 4.74 Å². The molecule has 0 fully saturated rings. The zero-order valence-electron chi connectivity index (χ0n) is 19.4. The van der Waals surface area contributed by atoms with Crippen LogP contribution in [0.3, 0.4) is 0 Å². The molecule has 1 unspecified atom stereocenters. The average Bonchev–Trinajstić information content (AvgIpc) is 2.79. The van der Waals surface area contributed by atoms with E-state index in [4.69, 9.17) is 14.2 Å². The summed E-state index contributed by atoms with van der Waals surface area (Å²) >= 11 is 0. The molecule has 0 bridgehead atoms. The predicted molar refractivity (Wildman–Crippen MR) is 127 cm³/mol. The van der Waals surface area contributed by atoms with E-state index < -0.39 is 0 Å². The molecule has 31 heavy (non-hydrogen) atoms. The second kappa shape index (κ2) is 14.6. The fourth-order valence-electron chi connectivity index (χ4n) is 3.22. The molecule has 0 spiro atoms. The highest BCUT2D eigenvalue weighted by Gasteiger charge is 2.12. The smallest absolute Gasteiger partial charge is 0.338 e. The maximum Gasteiger partial charge on any atom is 0.338 e. The van der Waals surface area contributed by atoms with Crippen molar-refractivity contribution in [3.8, 4) is 16.9 Å². The van der Waals surface area contributed by atoms with Gasteiger partial charge in [0.25, 0.3) is 0 Å². The topological polar surface area (TPSA) is 44.8 Å². The third-order valence-electron chi connectivity index (χ3n) is 5.13. The van der Waals surface area contributed by atoms with Crippen LogP contribution in [-0.4, -0.2) is 31.9 Å². The van der Waals surface area contributed by atoms with Crippen molar-refractivity contribution in [3.05, 3.63) is 54.1 Å². The lowest BCUT2D eigenvalue weighted by Gasteiger charge is -2.14. The Balaban J connectivity index is 1.79. The largest absolute Gasteiger partial charge is 0.494 e. The van der Waals surface area contributed by atoms with Gasteiger partial charge in [0.15, 0.2) is 0 Å². The van der Waals surface area contributed by atoms with Gasteiger partial charge in [0, 0.05) is 6.61 Å². The van der Waals surface area contributed by atoms with Crippen molar-refractivity contribution in [1.29, 1.82) is 0 Å². The van der Waals surface area contributed by atoms with Crippen LogP contribution in [0.25, 0.3) is 11.1 Å². The maximum atomic E-state index is 12.3. The molecule has 0 saturated heterocycles. The summed E-state index contributed by atoms with van der Waals surface area (Å²) in [7, 11) is 0. The molecule has 0 radical (unpaired) electrons. The summed E-state index contributed by atoms with van der Waals surface area (Å²) in [5, 5.41) is 0. The van der Waals surface area contributed by atoms with Gasteiger partial charge >= 0.3 is 5.97 Å². The van der Waals surface area contributed by atoms with Gasteiger partial charge in [-0.05, 0) is 55.2 Å². The minimum Gasteiger partial charge on any atom is -0.494 e. The summed E-state index contributed by atoms with van der Waals surface area (Å²) in [6.45, 7) is 8.10. The van der Waals surface area contributed by atoms with Crippen LogP contribution in [0.15, 0.2) is 48.5 Å². The highest BCUT2D eigenvalue weighted by atomic mass is 16.6. The predicted octanol–water partition coefficient (Wildman–Crippen LogP) is 7.06. The van der Waals surface area contributed by atoms with E-state index in [1.165, 1.54) is 25.7 Å². The maximum absolute atomic E-state index is 12.3. The van der Waals surface area contributed by atoms with Crippen molar-refractivity contribution in [2.75, 3.05) is 19.8 Å². The molecule has 0 N–H and O–H groups in total. The van der Waals surface area contributed by atoms with Crippen molar-refractivity contribution in [3.63, 3.8) is 0 Å². The number of hydrogen-bond donors (Lipinski definition) is 0. The molecule has 0 amide bonds. The number of hydrogen-bond acceptors (Lipinski definition) is 4. The fraction of sp³-hybridized carbons (Fsp3) is 0.519. The summed E-state index contributed by atoms with van der Waals surface area (Å²) in [6, 6.07) is 15.6. The van der Waals surface area contributed by atoms with Gasteiger partial charge in [-0.15, -0.1) is 0 Å². The highest BCUT2D eigenvalue weighted by molar-refractivity contribution is 5.90. The molecule has 2 aromatic carbocycles. The lowest BCUT2D eigenvalue weighted by atomic mass is 10.0. The first-order chi connectivity index (χ1) is 15.1. The molecule has 4 nitrogen and oxygen atoms in total. The lowest BCUT2D eigenvalue weighted by Crippen LogP contribution is -2.20. The van der Waals surface area contributed by atoms with E-state index in [1.54, 1.807) is 0 Å². The van der Waals surface area contributed by atoms with Gasteiger partial charge in [0.05, 0.1) is 18.8 Å². The van der Waals surface area contributed by atoms with E-state index >= 15 is 0 Å². The third-order valence-corrected chi connectivity index (χ3v) is 5.13. The molecular weight excluding hydrogens is 388 g/mol. The van der Waals surface area contributed by atoms with Crippen LogP contribution in [0.4, 0.5) is 0 Å². The molecule has 2 rings (SSSR count). The van der Waals surface area contributed by atoms with Crippen LogP contribution in [0.1, 0.15) is 76.1 Å². The lowest BCUT2D eigenvalue weighted by molar-refractivity contribution is 0.00169. The van der Waals surface area contributed by atoms with E-state index in [9.17, 15) is 4.79 Å². The summed E-state index contributed by atoms with van der Waals surface area (Å²) in [4.78, 5) is 12.3. The highest BCUT2D eigenvalue weighted by Crippen LogP contribution is 2.23. The molecular formula is C27H38O4. The van der Waals surface area contributed by atoms with Crippen LogP contribution in [0.5, 0.6) is 5.75 Å². The monoisotopic (exact) mass is 426 g/mol. The van der Waals surface area contributed by atoms with Crippen molar-refractivity contribution in [2.24, 2.45) is 0 Å². The van der Waals surface area contributed by atoms with Crippen LogP contribution in [0.2, 0.25) is 0 Å². The Morgan fingerprint density at radius 3 is 2.03 bits per heavy atom. The number of carbonyl (C=O) groups excluding carboxylic acids is 1. The summed E-state index contributed by atoms with van der Waals surface area (Å²) in [6.07, 6.45) is 8.03. The molecule has 4 heteroatoms. The van der Waals surface area contributed by atoms with Crippen LogP contribution in [-0.2, 0) is 9.47 Å². The van der Waals surface area contributed by atoms with E-state index in [-0.39, 0.29) is 12.1 Å². The zero-order chi connectivity index (χ0) is 22.3. The summed E-state index contributed by atoms with van der Waals surface area (Å²) in [5.74, 6) is 0.579. The SMILES string of the molecule is CCCCCCCOc1ccc(-c2ccc(C(=O)OC(C)COCCCC)cc2)cc1. The van der Waals surface area contributed by atoms with Gasteiger partial charge in [0.1, 0.15) is 11.9 Å². The zero-order valence-corrected chi connectivity index (χ0v) is 19.4. The van der Waals surface area contributed by atoms with Crippen molar-refractivity contribution in [1.82, 2.24) is 0 Å². The standard InChI is InChI=1S/C27H38O4/c1-4-6-8-9-10-20-30-26-17-15-24(16-18-26)23-11-13-25(14-12-23)27(28)31-22(3)21-29-19-7-5-2/h11-18,22H,4-10,19-21H2,1-3H3. The molecule has 0 aliphatic rings. The Bertz CT molecular complexity index is 737. The van der Waals surface area contributed by atoms with Gasteiger partial charge in [0.2, 0.25) is 0 Å². The molecule has 0 aliphatic heterocycles. The second-order valence-electron chi connectivity index (χ2n) is 8.01. The van der Waals surface area contributed by atoms with Gasteiger partial charge in [-0.1, -0.05) is 70.2 Å². The van der Waals surface area contributed by atoms with E-state index in [0.717, 1.165) is 42.7 Å². The first-order valence-electron chi connectivity index (χ1n) is 11.8. The Morgan fingerprint density at radius 2 is 1.39 bits per heavy atom. The van der Waals surface area contributed by atoms with E-state index in [0.29, 0.717) is 18.8 Å². The van der Waals surface area contributed by atoms with Crippen molar-refractivity contribution >= 4 is 5.97 Å². The van der Waals surface area contributed by atoms with Crippen molar-refractivity contribution in [2.45, 2.75) is 71.8 Å². The van der Waals surface area contributed by atoms with Gasteiger partial charge in [-0.3, -0.25) is 0 Å². The minimum atomic E-state index is -0.319. The molecule has 0 saturated carbocycles. The van der Waals surface area contributed by atoms with Crippen LogP contribution in [0, 0.1) is 0 Å². The fourth-order valence-corrected chi connectivity index (χ4v) is 3.22. The Kier molecular flexibility index (Phi) is 11.8. The number of unbranched alkanes of at least 4 members (excludes halogenated alkanes) is 5. The van der Waals surface area contributed by atoms with E-state index in [2.05, 4.69) is 26.0 Å². The molecule has 0 aromatic heterocycles. The molecule has 170 valence electrons. The van der Waals surface area contributed by atoms with Crippen LogP contribution >= 0.6 is 0 Å². The number of carbonyl (C=O) groups is 1. The molecule has 0 heterocycles. The Labute approximate surface area is 187 Å². The van der Waals surface area contributed by atoms with Gasteiger partial charge < -0.3 is 14.2 Å². The summed E-state index contributed by atoms with van der Waals surface area (Å²) in [5.41, 5.74) is 2.69. The average molecular weight is 427 g/mol. The number of ether oxygens (including phenoxy) is 3. The minimum absolute atomic E-state index is 0.261. The number of esters is 1. The summed E-state index contributed by atoms with van der Waals surface area (Å²) < 4.78 is 16.8. The molecule has 0 aliphatic carbocycles. The normalized spacial score (nSPS) is 11.8. The molecule has 2 aromatic rings. The van der Waals surface area contributed by atoms with Gasteiger partial charge in [-0.2, -0.15) is 0 Å². The second-order valence-corrected chi connectivity index (χ2v) is 8.01. The van der Waals surface area contributed by atoms with E-state index in [1.807, 2.05) is 43.3 Å². The first-order valence-corrected chi connectivity index (χ1v) is 11.8. The Morgan fingerprint density at radius 1 is 0.774 bits per heavy atom. The third kappa shape index (κ3) is 9.56.